The highest BCUT2D eigenvalue weighted by Gasteiger charge is 2.36. The fraction of sp³-hybridized carbons (Fsp3) is 0.100. The summed E-state index contributed by atoms with van der Waals surface area (Å²) in [5, 5.41) is 5.30. The van der Waals surface area contributed by atoms with Crippen LogP contribution in [0, 0.1) is 6.92 Å². The Labute approximate surface area is 178 Å². The van der Waals surface area contributed by atoms with Crippen molar-refractivity contribution in [1.29, 1.82) is 0 Å². The average molecular weight is 457 g/mol. The Morgan fingerprint density at radius 1 is 0.897 bits per heavy atom. The number of aryl methyl sites for hydroxylation is 1. The van der Waals surface area contributed by atoms with E-state index in [1.165, 1.54) is 23.7 Å². The van der Waals surface area contributed by atoms with E-state index in [0.29, 0.717) is 21.3 Å². The molecule has 2 aromatic carbocycles. The lowest BCUT2D eigenvalue weighted by atomic mass is 10.1. The lowest BCUT2D eigenvalue weighted by molar-refractivity contribution is -0.136. The van der Waals surface area contributed by atoms with Crippen LogP contribution < -0.4 is 0 Å². The molecule has 0 fully saturated rings. The van der Waals surface area contributed by atoms with Gasteiger partial charge in [-0.05, 0) is 55.5 Å². The van der Waals surface area contributed by atoms with Crippen LogP contribution in [0.2, 0.25) is 15.1 Å². The molecule has 0 bridgehead atoms. The van der Waals surface area contributed by atoms with Gasteiger partial charge in [0.2, 0.25) is 0 Å². The fourth-order valence-electron chi connectivity index (χ4n) is 3.11. The van der Waals surface area contributed by atoms with E-state index in [0.717, 1.165) is 6.07 Å². The van der Waals surface area contributed by atoms with Crippen LogP contribution >= 0.6 is 34.8 Å². The highest BCUT2D eigenvalue weighted by molar-refractivity contribution is 6.36. The van der Waals surface area contributed by atoms with Crippen LogP contribution in [0.25, 0.3) is 28.0 Å². The molecule has 0 aliphatic rings. The van der Waals surface area contributed by atoms with Gasteiger partial charge in [-0.25, -0.2) is 9.67 Å². The molecule has 0 aliphatic heterocycles. The van der Waals surface area contributed by atoms with Crippen molar-refractivity contribution in [2.24, 2.45) is 0 Å². The molecule has 0 unspecified atom stereocenters. The Balaban J connectivity index is 2.07. The Bertz CT molecular complexity index is 1230. The summed E-state index contributed by atoms with van der Waals surface area (Å²) in [5.74, 6) is 0. The molecule has 0 atom stereocenters. The van der Waals surface area contributed by atoms with Gasteiger partial charge in [0.25, 0.3) is 0 Å². The molecule has 0 N–H and O–H groups in total. The van der Waals surface area contributed by atoms with Gasteiger partial charge in [-0.3, -0.25) is 0 Å². The lowest BCUT2D eigenvalue weighted by Gasteiger charge is -2.12. The Hall–Kier alpha value is -2.28. The molecule has 0 spiro atoms. The molecule has 0 saturated carbocycles. The van der Waals surface area contributed by atoms with Gasteiger partial charge in [0.05, 0.1) is 33.0 Å². The standard InChI is InChI=1S/C20H11Cl3F3N3/c1-10-18-15(20(24,25)26)9-17(14-7-4-12(22)8-16(14)23)27-19(18)29(28-10)13-5-2-11(21)3-6-13/h2-9H,1H3. The van der Waals surface area contributed by atoms with Crippen molar-refractivity contribution in [3.8, 4) is 16.9 Å². The molecular weight excluding hydrogens is 446 g/mol. The first kappa shape index (κ1) is 20.0. The summed E-state index contributed by atoms with van der Waals surface area (Å²) in [6.07, 6.45) is -4.60. The predicted molar refractivity (Wildman–Crippen MR) is 109 cm³/mol. The summed E-state index contributed by atoms with van der Waals surface area (Å²) in [5.41, 5.74) is 0.393. The summed E-state index contributed by atoms with van der Waals surface area (Å²) < 4.78 is 43.0. The van der Waals surface area contributed by atoms with Crippen molar-refractivity contribution in [2.75, 3.05) is 0 Å². The van der Waals surface area contributed by atoms with Crippen LogP contribution in [-0.4, -0.2) is 14.8 Å². The predicted octanol–water partition coefficient (Wildman–Crippen LogP) is 7.37. The monoisotopic (exact) mass is 455 g/mol. The minimum atomic E-state index is -4.60. The van der Waals surface area contributed by atoms with Crippen molar-refractivity contribution in [2.45, 2.75) is 13.1 Å². The van der Waals surface area contributed by atoms with Gasteiger partial charge in [-0.1, -0.05) is 34.8 Å². The number of hydrogen-bond donors (Lipinski definition) is 0. The number of hydrogen-bond acceptors (Lipinski definition) is 2. The van der Waals surface area contributed by atoms with Crippen LogP contribution in [-0.2, 0) is 6.18 Å². The average Bonchev–Trinajstić information content (AvgIpc) is 2.97. The van der Waals surface area contributed by atoms with E-state index in [-0.39, 0.29) is 27.4 Å². The Kier molecular flexibility index (Phi) is 4.97. The van der Waals surface area contributed by atoms with Crippen LogP contribution in [0.3, 0.4) is 0 Å². The molecule has 2 heterocycles. The van der Waals surface area contributed by atoms with Gasteiger partial charge in [0.1, 0.15) is 0 Å². The molecule has 0 aliphatic carbocycles. The zero-order chi connectivity index (χ0) is 20.9. The van der Waals surface area contributed by atoms with Gasteiger partial charge in [-0.15, -0.1) is 0 Å². The van der Waals surface area contributed by atoms with Crippen molar-refractivity contribution >= 4 is 45.8 Å². The normalized spacial score (nSPS) is 12.0. The van der Waals surface area contributed by atoms with Crippen molar-refractivity contribution in [1.82, 2.24) is 14.8 Å². The second-order valence-corrected chi connectivity index (χ2v) is 7.63. The van der Waals surface area contributed by atoms with Gasteiger partial charge in [0, 0.05) is 15.6 Å². The minimum Gasteiger partial charge on any atom is -0.228 e. The van der Waals surface area contributed by atoms with E-state index in [2.05, 4.69) is 10.1 Å². The third kappa shape index (κ3) is 3.68. The highest BCUT2D eigenvalue weighted by atomic mass is 35.5. The summed E-state index contributed by atoms with van der Waals surface area (Å²) in [6.45, 7) is 1.51. The Morgan fingerprint density at radius 3 is 2.17 bits per heavy atom. The number of nitrogens with zero attached hydrogens (tertiary/aromatic N) is 3. The van der Waals surface area contributed by atoms with Gasteiger partial charge in [0.15, 0.2) is 5.65 Å². The van der Waals surface area contributed by atoms with E-state index in [4.69, 9.17) is 34.8 Å². The lowest BCUT2D eigenvalue weighted by Crippen LogP contribution is -2.08. The van der Waals surface area contributed by atoms with Gasteiger partial charge < -0.3 is 0 Å². The maximum atomic E-state index is 13.9. The maximum absolute atomic E-state index is 13.9. The molecule has 9 heteroatoms. The van der Waals surface area contributed by atoms with Crippen molar-refractivity contribution in [3.63, 3.8) is 0 Å². The number of aromatic nitrogens is 3. The summed E-state index contributed by atoms with van der Waals surface area (Å²) in [7, 11) is 0. The molecule has 3 nitrogen and oxygen atoms in total. The van der Waals surface area contributed by atoms with Crippen molar-refractivity contribution < 1.29 is 13.2 Å². The van der Waals surface area contributed by atoms with Crippen molar-refractivity contribution in [3.05, 3.63) is 74.9 Å². The van der Waals surface area contributed by atoms with E-state index in [1.54, 1.807) is 30.3 Å². The summed E-state index contributed by atoms with van der Waals surface area (Å²) >= 11 is 18.1. The quantitative estimate of drug-likeness (QED) is 0.315. The van der Waals surface area contributed by atoms with E-state index in [9.17, 15) is 13.2 Å². The summed E-state index contributed by atoms with van der Waals surface area (Å²) in [4.78, 5) is 4.47. The molecule has 0 saturated heterocycles. The molecular formula is C20H11Cl3F3N3. The van der Waals surface area contributed by atoms with Crippen LogP contribution in [0.5, 0.6) is 0 Å². The number of pyridine rings is 1. The molecule has 0 radical (unpaired) electrons. The van der Waals surface area contributed by atoms with E-state index < -0.39 is 11.7 Å². The number of rotatable bonds is 2. The third-order valence-corrected chi connectivity index (χ3v) is 5.20. The second-order valence-electron chi connectivity index (χ2n) is 6.35. The second kappa shape index (κ2) is 7.20. The van der Waals surface area contributed by atoms with E-state index in [1.807, 2.05) is 0 Å². The number of fused-ring (bicyclic) bond motifs is 1. The van der Waals surface area contributed by atoms with Crippen LogP contribution in [0.15, 0.2) is 48.5 Å². The number of alkyl halides is 3. The minimum absolute atomic E-state index is 0.0683. The largest absolute Gasteiger partial charge is 0.417 e. The molecule has 4 aromatic rings. The summed E-state index contributed by atoms with van der Waals surface area (Å²) in [6, 6.07) is 12.1. The first-order chi connectivity index (χ1) is 13.6. The SMILES string of the molecule is Cc1nn(-c2ccc(Cl)cc2)c2nc(-c3ccc(Cl)cc3Cl)cc(C(F)(F)F)c12. The number of benzene rings is 2. The van der Waals surface area contributed by atoms with Crippen LogP contribution in [0.4, 0.5) is 13.2 Å². The molecule has 29 heavy (non-hydrogen) atoms. The van der Waals surface area contributed by atoms with Gasteiger partial charge in [-0.2, -0.15) is 18.3 Å². The number of halogens is 6. The van der Waals surface area contributed by atoms with Crippen LogP contribution in [0.1, 0.15) is 11.3 Å². The third-order valence-electron chi connectivity index (χ3n) is 4.40. The van der Waals surface area contributed by atoms with Gasteiger partial charge >= 0.3 is 6.18 Å². The maximum Gasteiger partial charge on any atom is 0.417 e. The molecule has 148 valence electrons. The smallest absolute Gasteiger partial charge is 0.228 e. The topological polar surface area (TPSA) is 30.7 Å². The molecule has 2 aromatic heterocycles. The zero-order valence-electron chi connectivity index (χ0n) is 14.7. The first-order valence-corrected chi connectivity index (χ1v) is 9.47. The molecule has 0 amide bonds. The molecule has 4 rings (SSSR count). The Morgan fingerprint density at radius 2 is 1.55 bits per heavy atom. The first-order valence-electron chi connectivity index (χ1n) is 8.34. The fourth-order valence-corrected chi connectivity index (χ4v) is 3.74. The van der Waals surface area contributed by atoms with E-state index >= 15 is 0 Å². The highest BCUT2D eigenvalue weighted by Crippen LogP contribution is 2.40. The zero-order valence-corrected chi connectivity index (χ0v) is 17.0.